The van der Waals surface area contributed by atoms with E-state index in [0.29, 0.717) is 106 Å². The number of rotatable bonds is 20. The van der Waals surface area contributed by atoms with Gasteiger partial charge in [-0.1, -0.05) is 51.4 Å². The quantitative estimate of drug-likeness (QED) is 0.0444. The number of halogens is 1. The average molecular weight is 1360 g/mol. The number of hydrogen-bond acceptors (Lipinski definition) is 18. The van der Waals surface area contributed by atoms with Crippen LogP contribution >= 0.6 is 11.6 Å². The number of ether oxygens (including phenoxy) is 2. The van der Waals surface area contributed by atoms with E-state index in [-0.39, 0.29) is 49.5 Å². The summed E-state index contributed by atoms with van der Waals surface area (Å²) in [5, 5.41) is 18.9. The van der Waals surface area contributed by atoms with Crippen LogP contribution in [0.1, 0.15) is 179 Å². The van der Waals surface area contributed by atoms with Crippen LogP contribution in [-0.2, 0) is 20.0 Å². The third-order valence-corrected chi connectivity index (χ3v) is 25.9. The lowest BCUT2D eigenvalue weighted by Crippen LogP contribution is -2.41. The maximum absolute atomic E-state index is 13.8. The fraction of sp³-hybridized carbons (Fsp3) is 0.600. The van der Waals surface area contributed by atoms with E-state index in [4.69, 9.17) is 26.1 Å². The first-order chi connectivity index (χ1) is 45.2. The van der Waals surface area contributed by atoms with Gasteiger partial charge < -0.3 is 30.3 Å². The molecule has 6 aromatic rings. The van der Waals surface area contributed by atoms with Crippen molar-refractivity contribution in [3.8, 4) is 23.4 Å². The number of amides is 2. The standard InChI is InChI=1S/C35H46ClN7O4S.C35H45N7O4S/c1-22(2)25(10-8-23-20-33(3,4)37-21-23)38-27-6-5-7-30(39-27)48(45,46)42-32(44)24-9-11-28(40-31(24)36)43-18-12-29(41-43)47-19-13-26-34(14-15-34)35(26)16-17-35;1-22(2)25-10-8-23-20-33(3,4)41(21-23)31-24(32(43)40-47(44,45)30-7-5-6-27(36-25)37-30)9-11-28(38-31)42-18-12-29(39-42)46-19-13-26-34(14-15-34)35(26)16-17-35/h5-7,9,11-12,18,22-23,25-26,37H,8,10,13-17,19-21H2,1-4H3,(H,38,39)(H,42,44);5-7,9,11-12,18,22-23,25-26H,8,10,13-17,19-21H2,1-4H3,(H,36,37)(H,40,43)/t2*23-,25?/m10/s1. The van der Waals surface area contributed by atoms with Crippen LogP contribution in [-0.4, -0.2) is 118 Å². The van der Waals surface area contributed by atoms with E-state index in [1.165, 1.54) is 74.2 Å². The van der Waals surface area contributed by atoms with Crippen LogP contribution in [0, 0.1) is 57.2 Å². The molecule has 4 atom stereocenters. The molecule has 2 unspecified atom stereocenters. The summed E-state index contributed by atoms with van der Waals surface area (Å²) >= 11 is 6.38. The fourth-order valence-corrected chi connectivity index (χ4v) is 19.6. The van der Waals surface area contributed by atoms with E-state index in [2.05, 4.69) is 111 Å². The molecule has 5 N–H and O–H groups in total. The van der Waals surface area contributed by atoms with E-state index < -0.39 is 31.9 Å². The molecular formula is C70H91ClN14O8S2. The van der Waals surface area contributed by atoms with Gasteiger partial charge in [0.25, 0.3) is 31.9 Å². The molecule has 2 amide bonds. The molecule has 3 aliphatic heterocycles. The fourth-order valence-electron chi connectivity index (χ4n) is 17.5. The van der Waals surface area contributed by atoms with Crippen LogP contribution < -0.4 is 39.8 Å². The first kappa shape index (κ1) is 65.4. The van der Waals surface area contributed by atoms with Gasteiger partial charge in [-0.15, -0.1) is 10.2 Å². The van der Waals surface area contributed by atoms with Gasteiger partial charge in [0, 0.05) is 54.2 Å². The Kier molecular flexibility index (Phi) is 16.7. The predicted molar refractivity (Wildman–Crippen MR) is 362 cm³/mol. The molecule has 6 aliphatic carbocycles. The summed E-state index contributed by atoms with van der Waals surface area (Å²) in [5.41, 5.74) is 2.59. The van der Waals surface area contributed by atoms with E-state index in [9.17, 15) is 26.4 Å². The minimum Gasteiger partial charge on any atom is -0.477 e. The predicted octanol–water partition coefficient (Wildman–Crippen LogP) is 11.6. The maximum Gasteiger partial charge on any atom is 0.281 e. The van der Waals surface area contributed by atoms with Crippen LogP contribution in [0.15, 0.2) is 95.2 Å². The van der Waals surface area contributed by atoms with E-state index >= 15 is 0 Å². The van der Waals surface area contributed by atoms with Crippen molar-refractivity contribution in [2.24, 2.45) is 57.2 Å². The molecule has 6 aromatic heterocycles. The SMILES string of the molecule is CC(C)C(CC[C@H]1CNC(C)(C)C1)Nc1cccc(S(=O)(=O)NC(=O)c2ccc(-n3ccc(OCCC4C5(CC5)C45CC5)n3)nc2Cl)n1.CC(C)C1CC[C@@H]2CN(c3nc(-n4ccc(OCCC5C6(CC6)C56CC6)n4)ccc3C(=O)NS(=O)(=O)c3cccc(n3)N1)C(C)(C)C2. The summed E-state index contributed by atoms with van der Waals surface area (Å²) < 4.78 is 72.9. The molecule has 4 bridgehead atoms. The van der Waals surface area contributed by atoms with Crippen molar-refractivity contribution in [2.75, 3.05) is 41.8 Å². The Morgan fingerprint density at radius 3 is 1.93 bits per heavy atom. The minimum absolute atomic E-state index is 0.0844. The number of hydrogen-bond donors (Lipinski definition) is 5. The summed E-state index contributed by atoms with van der Waals surface area (Å²) in [6.07, 6.45) is 22.7. The molecule has 9 aliphatic rings. The van der Waals surface area contributed by atoms with Crippen molar-refractivity contribution in [3.63, 3.8) is 0 Å². The number of carbonyl (C=O) groups excluding carboxylic acids is 2. The van der Waals surface area contributed by atoms with Crippen molar-refractivity contribution in [1.29, 1.82) is 0 Å². The van der Waals surface area contributed by atoms with Crippen LogP contribution in [0.5, 0.6) is 11.8 Å². The van der Waals surface area contributed by atoms with Gasteiger partial charge in [0.1, 0.15) is 22.6 Å². The first-order valence-electron chi connectivity index (χ1n) is 34.4. The van der Waals surface area contributed by atoms with Gasteiger partial charge in [-0.05, 0) is 243 Å². The number of pyridine rings is 4. The zero-order valence-corrected chi connectivity index (χ0v) is 58.2. The zero-order valence-electron chi connectivity index (χ0n) is 55.8. The molecule has 4 spiro atoms. The van der Waals surface area contributed by atoms with Crippen LogP contribution in [0.25, 0.3) is 11.6 Å². The van der Waals surface area contributed by atoms with Gasteiger partial charge in [-0.2, -0.15) is 16.8 Å². The number of carbonyl (C=O) groups is 2. The largest absolute Gasteiger partial charge is 0.477 e. The summed E-state index contributed by atoms with van der Waals surface area (Å²) in [7, 11) is -8.56. The average Bonchev–Trinajstić information content (AvgIpc) is 1.45. The Balaban J connectivity index is 0.000000164. The van der Waals surface area contributed by atoms with E-state index in [1.807, 2.05) is 12.3 Å². The Labute approximate surface area is 563 Å². The molecule has 95 heavy (non-hydrogen) atoms. The van der Waals surface area contributed by atoms with Gasteiger partial charge in [0.15, 0.2) is 21.7 Å². The second kappa shape index (κ2) is 24.3. The summed E-state index contributed by atoms with van der Waals surface area (Å²) in [5.74, 6) is 4.86. The number of sulfonamides is 2. The molecule has 8 fully saturated rings. The van der Waals surface area contributed by atoms with Gasteiger partial charge in [-0.25, -0.2) is 38.7 Å². The summed E-state index contributed by atoms with van der Waals surface area (Å²) in [6.45, 7) is 20.4. The van der Waals surface area contributed by atoms with Gasteiger partial charge in [0.05, 0.1) is 24.3 Å². The summed E-state index contributed by atoms with van der Waals surface area (Å²) in [4.78, 5) is 47.0. The first-order valence-corrected chi connectivity index (χ1v) is 37.8. The normalized spacial score (nSPS) is 24.2. The highest BCUT2D eigenvalue weighted by Crippen LogP contribution is 2.94. The second-order valence-electron chi connectivity index (χ2n) is 30.8. The van der Waals surface area contributed by atoms with Crippen molar-refractivity contribution in [2.45, 2.75) is 191 Å². The molecule has 15 rings (SSSR count). The van der Waals surface area contributed by atoms with Crippen molar-refractivity contribution in [3.05, 3.63) is 101 Å². The second-order valence-corrected chi connectivity index (χ2v) is 34.4. The minimum atomic E-state index is -4.30. The molecule has 25 heteroatoms. The lowest BCUT2D eigenvalue weighted by molar-refractivity contribution is 0.0972. The number of anilines is 3. The Morgan fingerprint density at radius 2 is 1.35 bits per heavy atom. The van der Waals surface area contributed by atoms with Crippen LogP contribution in [0.2, 0.25) is 5.15 Å². The van der Waals surface area contributed by atoms with Crippen molar-refractivity contribution < 1.29 is 35.9 Å². The monoisotopic (exact) mass is 1350 g/mol. The molecule has 0 radical (unpaired) electrons. The maximum atomic E-state index is 13.8. The molecule has 508 valence electrons. The van der Waals surface area contributed by atoms with Gasteiger partial charge in [-0.3, -0.25) is 9.59 Å². The Bertz CT molecular complexity index is 4120. The third-order valence-electron chi connectivity index (χ3n) is 23.1. The number of nitrogens with zero attached hydrogens (tertiary/aromatic N) is 9. The molecular weight excluding hydrogens is 1260 g/mol. The topological polar surface area (TPSA) is 271 Å². The van der Waals surface area contributed by atoms with Crippen molar-refractivity contribution in [1.82, 2.24) is 54.3 Å². The molecule has 6 saturated carbocycles. The Morgan fingerprint density at radius 1 is 0.737 bits per heavy atom. The highest BCUT2D eigenvalue weighted by molar-refractivity contribution is 7.90. The third kappa shape index (κ3) is 12.9. The summed E-state index contributed by atoms with van der Waals surface area (Å²) in [6, 6.07) is 19.7. The highest BCUT2D eigenvalue weighted by atomic mass is 35.5. The lowest BCUT2D eigenvalue weighted by Gasteiger charge is -2.34. The lowest BCUT2D eigenvalue weighted by atomic mass is 9.89. The van der Waals surface area contributed by atoms with E-state index in [1.54, 1.807) is 59.4 Å². The molecule has 2 saturated heterocycles. The van der Waals surface area contributed by atoms with Crippen LogP contribution in [0.3, 0.4) is 0 Å². The van der Waals surface area contributed by atoms with Gasteiger partial charge >= 0.3 is 0 Å². The molecule has 22 nitrogen and oxygen atoms in total. The zero-order chi connectivity index (χ0) is 66.7. The van der Waals surface area contributed by atoms with Gasteiger partial charge in [0.2, 0.25) is 11.8 Å². The number of nitrogens with one attached hydrogen (secondary N) is 5. The number of aromatic nitrogens is 8. The Hall–Kier alpha value is -6.89. The van der Waals surface area contributed by atoms with Crippen molar-refractivity contribution >= 4 is 60.9 Å². The van der Waals surface area contributed by atoms with E-state index in [0.717, 1.165) is 69.7 Å². The smallest absolute Gasteiger partial charge is 0.281 e. The van der Waals surface area contributed by atoms with Crippen LogP contribution in [0.4, 0.5) is 17.5 Å². The highest BCUT2D eigenvalue weighted by Gasteiger charge is 2.86. The molecule has 0 aromatic carbocycles. The number of fused-ring (bicyclic) bond motifs is 8. The molecule has 9 heterocycles.